The van der Waals surface area contributed by atoms with E-state index in [2.05, 4.69) is 37.5 Å². The minimum atomic E-state index is -0.412. The van der Waals surface area contributed by atoms with Crippen LogP contribution in [0, 0.1) is 35.3 Å². The largest absolute Gasteiger partial charge is 0.491 e. The second-order valence-electron chi connectivity index (χ2n) is 7.77. The average molecular weight is 459 g/mol. The van der Waals surface area contributed by atoms with Gasteiger partial charge in [0, 0.05) is 22.3 Å². The zero-order valence-electron chi connectivity index (χ0n) is 19.6. The van der Waals surface area contributed by atoms with Crippen molar-refractivity contribution in [3.63, 3.8) is 0 Å². The molecule has 34 heavy (non-hydrogen) atoms. The van der Waals surface area contributed by atoms with E-state index in [0.29, 0.717) is 24.3 Å². The van der Waals surface area contributed by atoms with Crippen molar-refractivity contribution in [2.45, 2.75) is 39.5 Å². The van der Waals surface area contributed by atoms with Crippen LogP contribution < -0.4 is 9.47 Å². The first-order valence-corrected chi connectivity index (χ1v) is 11.6. The second-order valence-corrected chi connectivity index (χ2v) is 7.77. The third-order valence-electron chi connectivity index (χ3n) is 4.96. The van der Waals surface area contributed by atoms with Crippen LogP contribution in [0.2, 0.25) is 0 Å². The summed E-state index contributed by atoms with van der Waals surface area (Å²) in [7, 11) is 0. The molecular formula is C30H28F2O2. The highest BCUT2D eigenvalue weighted by atomic mass is 19.1. The van der Waals surface area contributed by atoms with Crippen molar-refractivity contribution in [3.8, 4) is 35.2 Å². The highest BCUT2D eigenvalue weighted by Gasteiger charge is 2.04. The summed E-state index contributed by atoms with van der Waals surface area (Å²) < 4.78 is 39.2. The molecule has 0 saturated heterocycles. The number of unbranched alkanes of at least 4 members (excludes halogenated alkanes) is 2. The Bertz CT molecular complexity index is 1110. The maximum absolute atomic E-state index is 14.2. The minimum Gasteiger partial charge on any atom is -0.491 e. The van der Waals surface area contributed by atoms with Gasteiger partial charge in [-0.25, -0.2) is 8.78 Å². The van der Waals surface area contributed by atoms with Gasteiger partial charge in [-0.2, -0.15) is 0 Å². The molecule has 3 aromatic carbocycles. The lowest BCUT2D eigenvalue weighted by atomic mass is 10.1. The molecule has 3 rings (SSSR count). The van der Waals surface area contributed by atoms with Gasteiger partial charge in [0.05, 0.1) is 13.2 Å². The molecule has 0 aromatic heterocycles. The van der Waals surface area contributed by atoms with Crippen molar-refractivity contribution >= 4 is 0 Å². The van der Waals surface area contributed by atoms with Crippen LogP contribution in [0.4, 0.5) is 8.78 Å². The van der Waals surface area contributed by atoms with Gasteiger partial charge in [-0.15, -0.1) is 0 Å². The molecule has 0 heterocycles. The molecule has 0 aliphatic carbocycles. The molecule has 2 nitrogen and oxygen atoms in total. The molecule has 0 N–H and O–H groups in total. The molecule has 0 saturated carbocycles. The van der Waals surface area contributed by atoms with Crippen LogP contribution >= 0.6 is 0 Å². The van der Waals surface area contributed by atoms with Crippen molar-refractivity contribution in [2.75, 3.05) is 13.2 Å². The Balaban J connectivity index is 1.62. The van der Waals surface area contributed by atoms with Crippen LogP contribution in [-0.4, -0.2) is 13.2 Å². The fraction of sp³-hybridized carbons (Fsp3) is 0.267. The Hall–Kier alpha value is -3.76. The summed E-state index contributed by atoms with van der Waals surface area (Å²) in [6, 6.07) is 16.9. The van der Waals surface area contributed by atoms with E-state index in [1.165, 1.54) is 12.1 Å². The molecule has 4 heteroatoms. The number of halogens is 2. The van der Waals surface area contributed by atoms with Crippen LogP contribution in [0.5, 0.6) is 11.5 Å². The van der Waals surface area contributed by atoms with Gasteiger partial charge < -0.3 is 9.47 Å². The lowest BCUT2D eigenvalue weighted by molar-refractivity contribution is 0.294. The maximum Gasteiger partial charge on any atom is 0.166 e. The molecule has 0 aliphatic heterocycles. The van der Waals surface area contributed by atoms with Gasteiger partial charge in [-0.1, -0.05) is 50.4 Å². The summed E-state index contributed by atoms with van der Waals surface area (Å²) in [5.74, 6) is 11.7. The standard InChI is InChI=1S/C30H28F2O2/c1-3-5-19-33-29-17-15-25(21-27(29)31)13-11-23-7-9-24(10-8-23)12-14-26-16-18-30(28(32)22-26)34-20-6-4-2/h7-10,15-18,21-22H,3-6,19-20H2,1-2H3. The van der Waals surface area contributed by atoms with E-state index in [9.17, 15) is 8.78 Å². The van der Waals surface area contributed by atoms with E-state index < -0.39 is 11.6 Å². The topological polar surface area (TPSA) is 18.5 Å². The van der Waals surface area contributed by atoms with E-state index in [-0.39, 0.29) is 11.5 Å². The summed E-state index contributed by atoms with van der Waals surface area (Å²) in [6.45, 7) is 5.12. The van der Waals surface area contributed by atoms with Crippen LogP contribution in [0.1, 0.15) is 61.8 Å². The van der Waals surface area contributed by atoms with Crippen molar-refractivity contribution in [1.29, 1.82) is 0 Å². The quantitative estimate of drug-likeness (QED) is 0.264. The second kappa shape index (κ2) is 13.1. The Morgan fingerprint density at radius 1 is 0.559 bits per heavy atom. The lowest BCUT2D eigenvalue weighted by Crippen LogP contribution is -1.98. The zero-order chi connectivity index (χ0) is 24.2. The Labute approximate surface area is 200 Å². The van der Waals surface area contributed by atoms with Gasteiger partial charge in [0.1, 0.15) is 0 Å². The van der Waals surface area contributed by atoms with E-state index >= 15 is 0 Å². The van der Waals surface area contributed by atoms with Gasteiger partial charge in [-0.05, 0) is 73.5 Å². The molecule has 0 fully saturated rings. The first-order valence-electron chi connectivity index (χ1n) is 11.6. The zero-order valence-corrected chi connectivity index (χ0v) is 19.6. The normalized spacial score (nSPS) is 10.0. The molecule has 0 atom stereocenters. The SMILES string of the molecule is CCCCOc1ccc(C#Cc2ccc(C#Cc3ccc(OCCCC)c(F)c3)cc2)cc1F. The first-order chi connectivity index (χ1) is 16.6. The van der Waals surface area contributed by atoms with Crippen molar-refractivity contribution in [3.05, 3.63) is 94.6 Å². The smallest absolute Gasteiger partial charge is 0.166 e. The monoisotopic (exact) mass is 458 g/mol. The molecule has 0 unspecified atom stereocenters. The van der Waals surface area contributed by atoms with Gasteiger partial charge in [-0.3, -0.25) is 0 Å². The van der Waals surface area contributed by atoms with Gasteiger partial charge in [0.15, 0.2) is 23.1 Å². The Morgan fingerprint density at radius 2 is 0.912 bits per heavy atom. The number of hydrogen-bond donors (Lipinski definition) is 0. The number of rotatable bonds is 8. The lowest BCUT2D eigenvalue weighted by Gasteiger charge is -2.06. The summed E-state index contributed by atoms with van der Waals surface area (Å²) in [5.41, 5.74) is 2.73. The number of ether oxygens (including phenoxy) is 2. The van der Waals surface area contributed by atoms with E-state index in [1.54, 1.807) is 24.3 Å². The highest BCUT2D eigenvalue weighted by Crippen LogP contribution is 2.19. The molecule has 0 radical (unpaired) electrons. The molecular weight excluding hydrogens is 430 g/mol. The predicted octanol–water partition coefficient (Wildman–Crippen LogP) is 7.12. The van der Waals surface area contributed by atoms with E-state index in [1.807, 2.05) is 24.3 Å². The van der Waals surface area contributed by atoms with Crippen LogP contribution in [0.15, 0.2) is 60.7 Å². The number of benzene rings is 3. The molecule has 3 aromatic rings. The van der Waals surface area contributed by atoms with Crippen LogP contribution in [0.3, 0.4) is 0 Å². The fourth-order valence-electron chi connectivity index (χ4n) is 2.97. The minimum absolute atomic E-state index is 0.250. The van der Waals surface area contributed by atoms with E-state index in [4.69, 9.17) is 9.47 Å². The van der Waals surface area contributed by atoms with Crippen LogP contribution in [0.25, 0.3) is 0 Å². The van der Waals surface area contributed by atoms with Gasteiger partial charge >= 0.3 is 0 Å². The molecule has 0 aliphatic rings. The summed E-state index contributed by atoms with van der Waals surface area (Å²) in [5, 5.41) is 0. The molecule has 0 spiro atoms. The first kappa shape index (κ1) is 24.9. The Morgan fingerprint density at radius 3 is 1.26 bits per heavy atom. The summed E-state index contributed by atoms with van der Waals surface area (Å²) >= 11 is 0. The van der Waals surface area contributed by atoms with E-state index in [0.717, 1.165) is 36.8 Å². The highest BCUT2D eigenvalue weighted by molar-refractivity contribution is 5.49. The van der Waals surface area contributed by atoms with Crippen molar-refractivity contribution < 1.29 is 18.3 Å². The predicted molar refractivity (Wildman–Crippen MR) is 132 cm³/mol. The van der Waals surface area contributed by atoms with Gasteiger partial charge in [0.25, 0.3) is 0 Å². The molecule has 0 bridgehead atoms. The summed E-state index contributed by atoms with van der Waals surface area (Å²) in [6.07, 6.45) is 3.77. The Kier molecular flexibility index (Phi) is 9.56. The van der Waals surface area contributed by atoms with Crippen molar-refractivity contribution in [1.82, 2.24) is 0 Å². The third kappa shape index (κ3) is 7.68. The van der Waals surface area contributed by atoms with Gasteiger partial charge in [0.2, 0.25) is 0 Å². The third-order valence-corrected chi connectivity index (χ3v) is 4.96. The molecule has 174 valence electrons. The average Bonchev–Trinajstić information content (AvgIpc) is 2.85. The molecule has 0 amide bonds. The number of hydrogen-bond acceptors (Lipinski definition) is 2. The fourth-order valence-corrected chi connectivity index (χ4v) is 2.97. The van der Waals surface area contributed by atoms with Crippen LogP contribution in [-0.2, 0) is 0 Å². The summed E-state index contributed by atoms with van der Waals surface area (Å²) in [4.78, 5) is 0. The van der Waals surface area contributed by atoms with Crippen molar-refractivity contribution in [2.24, 2.45) is 0 Å². The maximum atomic E-state index is 14.2.